The van der Waals surface area contributed by atoms with E-state index in [-0.39, 0.29) is 29.2 Å². The van der Waals surface area contributed by atoms with E-state index in [9.17, 15) is 19.2 Å². The van der Waals surface area contributed by atoms with Crippen molar-refractivity contribution in [3.63, 3.8) is 0 Å². The van der Waals surface area contributed by atoms with Crippen LogP contribution in [-0.4, -0.2) is 30.3 Å². The van der Waals surface area contributed by atoms with Gasteiger partial charge in [0.15, 0.2) is 6.61 Å². The fraction of sp³-hybridized carbons (Fsp3) is 0.135. The molecule has 0 spiro atoms. The maximum atomic E-state index is 14.1. The van der Waals surface area contributed by atoms with Gasteiger partial charge in [-0.15, -0.1) is 0 Å². The Morgan fingerprint density at radius 3 is 1.84 bits per heavy atom. The first-order valence-corrected chi connectivity index (χ1v) is 14.6. The number of nitrogens with one attached hydrogen (secondary N) is 1. The maximum absolute atomic E-state index is 14.1. The van der Waals surface area contributed by atoms with E-state index >= 15 is 0 Å². The standard InChI is InChI=1S/C37H26N2O5/c40-30(38-29-18-8-10-21-9-1-2-13-24(21)29)20-44-37(43)22-11-7-12-23(19-22)39-35(41)33-31-25-14-3-4-15-26(25)32(34(33)36(39)42)28-17-6-5-16-27(28)31/h1-19,31-34H,20H2,(H,38,40)/t31?,32?,33-,34-/m0/s1. The van der Waals surface area contributed by atoms with Gasteiger partial charge in [-0.2, -0.15) is 0 Å². The van der Waals surface area contributed by atoms with Crippen LogP contribution in [0, 0.1) is 11.8 Å². The van der Waals surface area contributed by atoms with E-state index in [0.29, 0.717) is 11.4 Å². The van der Waals surface area contributed by atoms with Crippen LogP contribution in [0.5, 0.6) is 0 Å². The largest absolute Gasteiger partial charge is 0.452 e. The van der Waals surface area contributed by atoms with Crippen molar-refractivity contribution in [2.45, 2.75) is 11.8 Å². The number of esters is 1. The molecule has 7 heteroatoms. The molecule has 5 aromatic rings. The minimum atomic E-state index is -0.726. The lowest BCUT2D eigenvalue weighted by Crippen LogP contribution is -2.41. The summed E-state index contributed by atoms with van der Waals surface area (Å²) in [4.78, 5) is 55.0. The van der Waals surface area contributed by atoms with E-state index in [0.717, 1.165) is 33.0 Å². The monoisotopic (exact) mass is 578 g/mol. The first kappa shape index (κ1) is 26.1. The molecule has 44 heavy (non-hydrogen) atoms. The van der Waals surface area contributed by atoms with Gasteiger partial charge in [0.2, 0.25) is 11.8 Å². The highest BCUT2D eigenvalue weighted by Crippen LogP contribution is 2.61. The van der Waals surface area contributed by atoms with Gasteiger partial charge in [0.25, 0.3) is 5.91 Å². The first-order valence-electron chi connectivity index (χ1n) is 14.6. The third-order valence-corrected chi connectivity index (χ3v) is 9.19. The second-order valence-electron chi connectivity index (χ2n) is 11.5. The van der Waals surface area contributed by atoms with Crippen molar-refractivity contribution in [3.8, 4) is 0 Å². The molecule has 5 aromatic carbocycles. The SMILES string of the molecule is O=C(COC(=O)c1cccc(N2C(=O)[C@H]3C4c5ccccc5C(c5ccccc54)[C@@H]3C2=O)c1)Nc1cccc2ccccc12. The van der Waals surface area contributed by atoms with Crippen LogP contribution in [0.25, 0.3) is 10.8 Å². The number of fused-ring (bicyclic) bond motifs is 1. The molecule has 0 radical (unpaired) electrons. The van der Waals surface area contributed by atoms with Crippen molar-refractivity contribution >= 4 is 45.8 Å². The number of anilines is 2. The van der Waals surface area contributed by atoms with Crippen LogP contribution >= 0.6 is 0 Å². The van der Waals surface area contributed by atoms with E-state index in [2.05, 4.69) is 29.6 Å². The number of benzene rings is 5. The molecule has 3 aliphatic carbocycles. The van der Waals surface area contributed by atoms with Gasteiger partial charge in [-0.3, -0.25) is 14.4 Å². The number of carbonyl (C=O) groups is 4. The summed E-state index contributed by atoms with van der Waals surface area (Å²) >= 11 is 0. The molecule has 2 atom stereocenters. The summed E-state index contributed by atoms with van der Waals surface area (Å²) in [6.45, 7) is -0.488. The molecule has 214 valence electrons. The first-order chi connectivity index (χ1) is 21.5. The van der Waals surface area contributed by atoms with Gasteiger partial charge in [0.1, 0.15) is 0 Å². The Kier molecular flexibility index (Phi) is 5.94. The summed E-state index contributed by atoms with van der Waals surface area (Å²) in [5.74, 6) is -3.21. The molecular formula is C37H26N2O5. The van der Waals surface area contributed by atoms with Crippen LogP contribution in [0.4, 0.5) is 11.4 Å². The molecule has 0 unspecified atom stereocenters. The molecule has 0 saturated carbocycles. The second kappa shape index (κ2) is 10.0. The lowest BCUT2D eigenvalue weighted by molar-refractivity contribution is -0.122. The van der Waals surface area contributed by atoms with E-state index < -0.39 is 30.3 Å². The van der Waals surface area contributed by atoms with Crippen molar-refractivity contribution < 1.29 is 23.9 Å². The quantitative estimate of drug-likeness (QED) is 0.203. The molecule has 3 amide bonds. The topological polar surface area (TPSA) is 92.8 Å². The van der Waals surface area contributed by atoms with Gasteiger partial charge in [-0.25, -0.2) is 9.69 Å². The lowest BCUT2D eigenvalue weighted by atomic mass is 9.55. The van der Waals surface area contributed by atoms with Gasteiger partial charge in [0, 0.05) is 22.9 Å². The van der Waals surface area contributed by atoms with Crippen molar-refractivity contribution in [1.82, 2.24) is 0 Å². The van der Waals surface area contributed by atoms with Crippen LogP contribution in [-0.2, 0) is 19.1 Å². The molecule has 4 aliphatic rings. The van der Waals surface area contributed by atoms with E-state index in [1.807, 2.05) is 60.7 Å². The number of amides is 3. The summed E-state index contributed by atoms with van der Waals surface area (Å²) in [6, 6.07) is 35.7. The number of hydrogen-bond acceptors (Lipinski definition) is 5. The molecule has 1 N–H and O–H groups in total. The zero-order valence-corrected chi connectivity index (χ0v) is 23.5. The molecule has 1 fully saturated rings. The van der Waals surface area contributed by atoms with E-state index in [1.165, 1.54) is 11.0 Å². The van der Waals surface area contributed by atoms with Gasteiger partial charge >= 0.3 is 5.97 Å². The molecule has 0 aromatic heterocycles. The Labute approximate surface area is 253 Å². The van der Waals surface area contributed by atoms with Crippen LogP contribution in [0.1, 0.15) is 44.4 Å². The van der Waals surface area contributed by atoms with Gasteiger partial charge in [-0.05, 0) is 51.9 Å². The Morgan fingerprint density at radius 2 is 1.20 bits per heavy atom. The highest BCUT2D eigenvalue weighted by Gasteiger charge is 2.61. The Morgan fingerprint density at radius 1 is 0.659 bits per heavy atom. The number of rotatable bonds is 5. The number of ether oxygens (including phenoxy) is 1. The molecule has 2 bridgehead atoms. The average molecular weight is 579 g/mol. The summed E-state index contributed by atoms with van der Waals surface area (Å²) in [5.41, 5.74) is 5.47. The summed E-state index contributed by atoms with van der Waals surface area (Å²) in [6.07, 6.45) is 0. The zero-order chi connectivity index (χ0) is 29.9. The second-order valence-corrected chi connectivity index (χ2v) is 11.5. The summed E-state index contributed by atoms with van der Waals surface area (Å²) in [5, 5.41) is 4.66. The molecular weight excluding hydrogens is 552 g/mol. The fourth-order valence-electron chi connectivity index (χ4n) is 7.44. The lowest BCUT2D eigenvalue weighted by Gasteiger charge is -2.45. The Hall–Kier alpha value is -5.56. The smallest absolute Gasteiger partial charge is 0.338 e. The van der Waals surface area contributed by atoms with Crippen LogP contribution in [0.3, 0.4) is 0 Å². The molecule has 7 nitrogen and oxygen atoms in total. The summed E-state index contributed by atoms with van der Waals surface area (Å²) < 4.78 is 5.33. The van der Waals surface area contributed by atoms with Crippen molar-refractivity contribution in [1.29, 1.82) is 0 Å². The zero-order valence-electron chi connectivity index (χ0n) is 23.5. The minimum absolute atomic E-state index is 0.144. The Balaban J connectivity index is 1.03. The van der Waals surface area contributed by atoms with Crippen molar-refractivity contribution in [2.75, 3.05) is 16.8 Å². The third kappa shape index (κ3) is 3.89. The van der Waals surface area contributed by atoms with Gasteiger partial charge in [0.05, 0.1) is 23.1 Å². The highest BCUT2D eigenvalue weighted by molar-refractivity contribution is 6.23. The van der Waals surface area contributed by atoms with Crippen LogP contribution < -0.4 is 10.2 Å². The average Bonchev–Trinajstić information content (AvgIpc) is 3.33. The molecule has 1 aliphatic heterocycles. The van der Waals surface area contributed by atoms with Crippen LogP contribution in [0.2, 0.25) is 0 Å². The molecule has 1 heterocycles. The number of carbonyl (C=O) groups excluding carboxylic acids is 4. The van der Waals surface area contributed by atoms with Gasteiger partial charge < -0.3 is 10.1 Å². The molecule has 9 rings (SSSR count). The van der Waals surface area contributed by atoms with Crippen LogP contribution in [0.15, 0.2) is 115 Å². The van der Waals surface area contributed by atoms with Gasteiger partial charge in [-0.1, -0.05) is 91.0 Å². The maximum Gasteiger partial charge on any atom is 0.338 e. The van der Waals surface area contributed by atoms with E-state index in [1.54, 1.807) is 24.3 Å². The van der Waals surface area contributed by atoms with Crippen molar-refractivity contribution in [3.05, 3.63) is 143 Å². The highest BCUT2D eigenvalue weighted by atomic mass is 16.5. The predicted octanol–water partition coefficient (Wildman–Crippen LogP) is 6.03. The summed E-state index contributed by atoms with van der Waals surface area (Å²) in [7, 11) is 0. The number of hydrogen-bond donors (Lipinski definition) is 1. The number of nitrogens with zero attached hydrogens (tertiary/aromatic N) is 1. The Bertz CT molecular complexity index is 1910. The normalized spacial score (nSPS) is 21.0. The third-order valence-electron chi connectivity index (χ3n) is 9.19. The predicted molar refractivity (Wildman–Crippen MR) is 165 cm³/mol. The van der Waals surface area contributed by atoms with E-state index in [4.69, 9.17) is 4.74 Å². The minimum Gasteiger partial charge on any atom is -0.452 e. The number of imide groups is 1. The fourth-order valence-corrected chi connectivity index (χ4v) is 7.44. The van der Waals surface area contributed by atoms with Crippen molar-refractivity contribution in [2.24, 2.45) is 11.8 Å². The molecule has 1 saturated heterocycles.